The molecule has 3 unspecified atom stereocenters. The molecule has 5 rings (SSSR count). The van der Waals surface area contributed by atoms with Crippen LogP contribution in [0.25, 0.3) is 0 Å². The molecule has 1 N–H and O–H groups in total. The Morgan fingerprint density at radius 1 is 0.415 bits per heavy atom. The normalized spacial score (nSPS) is 15.2. The largest absolute Gasteiger partial charge is 0.416 e. The van der Waals surface area contributed by atoms with Crippen LogP contribution in [0.4, 0.5) is 13.2 Å². The summed E-state index contributed by atoms with van der Waals surface area (Å²) in [7, 11) is 0. The molecule has 0 radical (unpaired) electrons. The highest BCUT2D eigenvalue weighted by Crippen LogP contribution is 2.35. The fraction of sp³-hybridized carbons (Fsp3) is 0.910. The lowest BCUT2D eigenvalue weighted by Gasteiger charge is -2.31. The molecule has 0 amide bonds. The van der Waals surface area contributed by atoms with Crippen LogP contribution >= 0.6 is 11.8 Å². The highest BCUT2D eigenvalue weighted by Gasteiger charge is 2.30. The molecule has 0 bridgehead atoms. The van der Waals surface area contributed by atoms with E-state index in [4.69, 9.17) is 14.6 Å². The van der Waals surface area contributed by atoms with Crippen LogP contribution < -0.4 is 0 Å². The highest BCUT2D eigenvalue weighted by atomic mass is 32.2. The zero-order valence-electron chi connectivity index (χ0n) is 106. The Kier molecular flexibility index (Phi) is 145. The lowest BCUT2D eigenvalue weighted by atomic mass is 9.75. The van der Waals surface area contributed by atoms with Crippen molar-refractivity contribution in [2.24, 2.45) is 75.4 Å². The van der Waals surface area contributed by atoms with Gasteiger partial charge >= 0.3 is 6.18 Å². The van der Waals surface area contributed by atoms with Crippen LogP contribution in [0.15, 0.2) is 54.6 Å². The number of alkyl halides is 3. The van der Waals surface area contributed by atoms with Crippen molar-refractivity contribution in [3.8, 4) is 0 Å². The number of benzene rings is 2. The van der Waals surface area contributed by atoms with E-state index in [0.29, 0.717) is 34.8 Å². The lowest BCUT2D eigenvalue weighted by Crippen LogP contribution is -2.36. The summed E-state index contributed by atoms with van der Waals surface area (Å²) in [6, 6.07) is 16.1. The van der Waals surface area contributed by atoms with Gasteiger partial charge in [0, 0.05) is 32.9 Å². The van der Waals surface area contributed by atoms with Gasteiger partial charge in [-0.25, -0.2) is 0 Å². The monoisotopic (exact) mass is 2040 g/mol. The Hall–Kier alpha value is -1.62. The molecular formula is C133H275F3N2O3S. The second kappa shape index (κ2) is 126. The second-order valence-corrected chi connectivity index (χ2v) is 48.9. The zero-order valence-corrected chi connectivity index (χ0v) is 107. The average molecular weight is 2040 g/mol. The first kappa shape index (κ1) is 163. The van der Waals surface area contributed by atoms with Gasteiger partial charge in [-0.05, 0) is 201 Å². The van der Waals surface area contributed by atoms with Crippen molar-refractivity contribution in [1.82, 2.24) is 9.80 Å². The summed E-state index contributed by atoms with van der Waals surface area (Å²) in [4.78, 5) is 4.97. The van der Waals surface area contributed by atoms with E-state index in [1.165, 1.54) is 383 Å². The third-order valence-electron chi connectivity index (χ3n) is 26.4. The SMILES string of the molecule is CC(C)(C)C.CC(C)(C)CC(C)(C)C.CC(C)CCCC(C)C.CC1CCCC(C)C1C.CC1CCCCCCCCCCC1.CCC(C)CC.CCCC.CCCCC(CC)CC.CCCCCC.CCCCCCCO.CCCCCc1ccccc1.CCCCN1CCOCC1.CCCCOCC(CC)CCCC.CCCCSCC.CCN(CC)CCCC(C)C.CCc1cccc(C(F)(F)F)c1. The van der Waals surface area contributed by atoms with Gasteiger partial charge in [0.1, 0.15) is 0 Å². The van der Waals surface area contributed by atoms with Crippen molar-refractivity contribution in [2.75, 3.05) is 83.8 Å². The number of thioether (sulfide) groups is 1. The molecule has 2 aliphatic carbocycles. The molecule has 2 saturated carbocycles. The summed E-state index contributed by atoms with van der Waals surface area (Å²) >= 11 is 2.03. The second-order valence-electron chi connectivity index (χ2n) is 47.5. The fourth-order valence-corrected chi connectivity index (χ4v) is 16.7. The number of rotatable bonds is 47. The van der Waals surface area contributed by atoms with Crippen LogP contribution in [0.5, 0.6) is 0 Å². The smallest absolute Gasteiger partial charge is 0.396 e. The Morgan fingerprint density at radius 3 is 1.17 bits per heavy atom. The van der Waals surface area contributed by atoms with Gasteiger partial charge in [0.25, 0.3) is 0 Å². The average Bonchev–Trinajstić information content (AvgIpc) is 0.849. The molecule has 2 aromatic rings. The minimum atomic E-state index is -4.22. The summed E-state index contributed by atoms with van der Waals surface area (Å²) in [5, 5.41) is 8.37. The number of morpholine rings is 1. The molecule has 862 valence electrons. The summed E-state index contributed by atoms with van der Waals surface area (Å²) in [6.45, 7) is 104. The van der Waals surface area contributed by atoms with Crippen molar-refractivity contribution in [2.45, 2.75) is 630 Å². The van der Waals surface area contributed by atoms with Crippen LogP contribution in [0.1, 0.15) is 628 Å². The van der Waals surface area contributed by atoms with Gasteiger partial charge < -0.3 is 19.5 Å². The first-order valence-electron chi connectivity index (χ1n) is 62.2. The number of aliphatic hydroxyl groups excluding tert-OH is 1. The molecule has 3 atom stereocenters. The lowest BCUT2D eigenvalue weighted by molar-refractivity contribution is -0.137. The summed E-state index contributed by atoms with van der Waals surface area (Å²) in [5.41, 5.74) is 3.09. The number of nitrogens with zero attached hydrogens (tertiary/aromatic N) is 2. The van der Waals surface area contributed by atoms with Crippen LogP contribution in [-0.4, -0.2) is 98.7 Å². The number of halogens is 3. The van der Waals surface area contributed by atoms with E-state index in [0.717, 1.165) is 111 Å². The van der Waals surface area contributed by atoms with Crippen LogP contribution in [0.3, 0.4) is 0 Å². The maximum Gasteiger partial charge on any atom is 0.416 e. The maximum atomic E-state index is 12.1. The molecule has 3 aliphatic rings. The van der Waals surface area contributed by atoms with Gasteiger partial charge in [-0.15, -0.1) is 0 Å². The van der Waals surface area contributed by atoms with Gasteiger partial charge in [-0.1, -0.05) is 602 Å². The van der Waals surface area contributed by atoms with Crippen molar-refractivity contribution in [1.29, 1.82) is 0 Å². The van der Waals surface area contributed by atoms with E-state index in [-0.39, 0.29) is 0 Å². The zero-order chi connectivity index (χ0) is 111. The van der Waals surface area contributed by atoms with Gasteiger partial charge in [-0.2, -0.15) is 24.9 Å². The molecular weight excluding hydrogens is 1760 g/mol. The van der Waals surface area contributed by atoms with Crippen molar-refractivity contribution in [3.63, 3.8) is 0 Å². The van der Waals surface area contributed by atoms with Gasteiger partial charge in [0.05, 0.1) is 18.8 Å². The highest BCUT2D eigenvalue weighted by molar-refractivity contribution is 7.99. The summed E-state index contributed by atoms with van der Waals surface area (Å²) in [6.07, 6.45) is 67.7. The van der Waals surface area contributed by atoms with E-state index in [9.17, 15) is 13.2 Å². The topological polar surface area (TPSA) is 45.2 Å². The Balaban J connectivity index is -0.000000144. The first-order chi connectivity index (χ1) is 67.2. The van der Waals surface area contributed by atoms with Crippen LogP contribution in [-0.2, 0) is 28.5 Å². The third-order valence-corrected chi connectivity index (χ3v) is 27.4. The van der Waals surface area contributed by atoms with Crippen molar-refractivity contribution < 1.29 is 27.8 Å². The van der Waals surface area contributed by atoms with Crippen LogP contribution in [0.2, 0.25) is 0 Å². The van der Waals surface area contributed by atoms with Crippen molar-refractivity contribution >= 4 is 11.8 Å². The van der Waals surface area contributed by atoms with E-state index >= 15 is 0 Å². The van der Waals surface area contributed by atoms with Crippen molar-refractivity contribution in [3.05, 3.63) is 71.3 Å². The molecule has 1 heterocycles. The molecule has 9 heteroatoms. The maximum absolute atomic E-state index is 12.1. The quantitative estimate of drug-likeness (QED) is 0.0667. The minimum absolute atomic E-state index is 0.365. The standard InChI is InChI=1S/C13H26.C12H26O.C11H16.C10H23N.C9H9F3.C9H18.3C9H20.C8H17NO.C7H16O.C6H14S.2C6H14.C5H12.C4H10/c1-13-11-9-7-5-3-2-4-6-8-10-12-13;1-4-7-9-12(6-3)11-13-10-8-5-2;1-2-3-5-8-11-9-6-4-7-10-11;1-5-11(6-2)9-7-8-10(3)4;1-2-7-4-3-5-8(6-7)9(10,11)12;1-7-5-4-6-8(2)9(7)3;1-8(2,3)7-9(4,5)6;1-8(2)6-5-7-9(3)4;1-4-7-8-9(5-2)6-3;1-2-3-4-9-5-7-10-8-6-9;1-2-3-4-5-6-7-8;1-3-5-6-7-4-2;1-4-6(3)5-2;1-3-5-6-4-2;1-5(2,3)4;1-3-4-2/h13H,2-12H2,1H3;12H,4-11H2,1-3H3;4,6-7,9-10H,2-3,5,8H2,1H3;10H,5-9H2,1-4H3;3-6H,2H2,1H3;7-9H,4-6H2,1-3H3;7H2,1-6H3;8-9H,5-7H2,1-4H3;9H,4-8H2,1-3H3;2-8H2,1H3;8H,2-7H2,1H3;3-6H2,1-2H3;6H,4-5H2,1-3H3;3-6H2,1-2H3;1-4H3;3-4H2,1-2H3. The van der Waals surface area contributed by atoms with E-state index < -0.39 is 11.7 Å². The molecule has 1 saturated heterocycles. The summed E-state index contributed by atoms with van der Waals surface area (Å²) in [5.74, 6) is 12.0. The number of hydrogen-bond acceptors (Lipinski definition) is 6. The predicted molar refractivity (Wildman–Crippen MR) is 655 cm³/mol. The van der Waals surface area contributed by atoms with Crippen LogP contribution in [0, 0.1) is 75.4 Å². The molecule has 5 nitrogen and oxygen atoms in total. The molecule has 142 heavy (non-hydrogen) atoms. The summed E-state index contributed by atoms with van der Waals surface area (Å²) < 4.78 is 47.2. The van der Waals surface area contributed by atoms with E-state index in [1.807, 2.05) is 18.7 Å². The number of ether oxygens (including phenoxy) is 2. The molecule has 0 aromatic heterocycles. The fourth-order valence-electron chi connectivity index (χ4n) is 15.9. The number of hydrogen-bond donors (Lipinski definition) is 1. The van der Waals surface area contributed by atoms with Gasteiger partial charge in [0.15, 0.2) is 0 Å². The minimum Gasteiger partial charge on any atom is -0.396 e. The Bertz CT molecular complexity index is 2400. The third kappa shape index (κ3) is 158. The Morgan fingerprint density at radius 2 is 0.817 bits per heavy atom. The molecule has 1 aliphatic heterocycles. The van der Waals surface area contributed by atoms with E-state index in [1.54, 1.807) is 6.07 Å². The Labute approximate surface area is 904 Å². The number of aliphatic hydroxyl groups is 1. The van der Waals surface area contributed by atoms with Gasteiger partial charge in [0.2, 0.25) is 0 Å². The van der Waals surface area contributed by atoms with E-state index in [2.05, 4.69) is 317 Å². The molecule has 2 aromatic carbocycles. The number of aryl methyl sites for hydroxylation is 2. The number of unbranched alkanes of at least 4 members (excludes halogenated alkanes) is 15. The molecule has 0 spiro atoms. The predicted octanol–water partition coefficient (Wildman–Crippen LogP) is 46.5. The van der Waals surface area contributed by atoms with Gasteiger partial charge in [-0.3, -0.25) is 4.90 Å². The first-order valence-corrected chi connectivity index (χ1v) is 63.3. The molecule has 3 fully saturated rings.